The summed E-state index contributed by atoms with van der Waals surface area (Å²) in [6.45, 7) is -0.399. The maximum absolute atomic E-state index is 13.8. The molecule has 0 unspecified atom stereocenters. The molecule has 0 saturated carbocycles. The third-order valence-corrected chi connectivity index (χ3v) is 10.7. The van der Waals surface area contributed by atoms with Gasteiger partial charge in [0.2, 0.25) is 21.8 Å². The second-order valence-electron chi connectivity index (χ2n) is 10.3. The second-order valence-corrected chi connectivity index (χ2v) is 14.0. The number of ether oxygens (including phenoxy) is 1. The molecule has 3 heterocycles. The molecule has 0 bridgehead atoms. The Balaban J connectivity index is 1.21. The van der Waals surface area contributed by atoms with E-state index in [1.165, 1.54) is 30.3 Å². The van der Waals surface area contributed by atoms with Crippen LogP contribution in [0.5, 0.6) is 5.75 Å². The number of thiazole rings is 1. The van der Waals surface area contributed by atoms with Gasteiger partial charge in [-0.3, -0.25) is 19.2 Å². The van der Waals surface area contributed by atoms with E-state index < -0.39 is 63.2 Å². The Morgan fingerprint density at radius 3 is 2.35 bits per heavy atom. The first-order valence-corrected chi connectivity index (χ1v) is 16.5. The molecule has 0 spiro atoms. The van der Waals surface area contributed by atoms with E-state index in [4.69, 9.17) is 9.88 Å². The van der Waals surface area contributed by atoms with E-state index in [2.05, 4.69) is 10.3 Å². The van der Waals surface area contributed by atoms with Crippen LogP contribution in [0, 0.1) is 5.92 Å². The third-order valence-electron chi connectivity index (χ3n) is 7.33. The summed E-state index contributed by atoms with van der Waals surface area (Å²) in [5, 5.41) is 7.04. The SMILES string of the molecule is NS(=O)(=O)c1ccc(NC(=O)COc2ccc([C@@H]3c4sc(=O)[nH]c4S[C@H]4C(=O)N(c5cccc(C(F)(F)F)c5)C(=O)[C@@H]34)cc2)cc1. The summed E-state index contributed by atoms with van der Waals surface area (Å²) in [4.78, 5) is 55.5. The number of anilines is 2. The molecule has 46 heavy (non-hydrogen) atoms. The number of amides is 3. The lowest BCUT2D eigenvalue weighted by atomic mass is 9.83. The van der Waals surface area contributed by atoms with Gasteiger partial charge in [0.25, 0.3) is 5.91 Å². The number of nitrogens with zero attached hydrogens (tertiary/aromatic N) is 1. The molecule has 3 atom stereocenters. The minimum atomic E-state index is -4.68. The molecule has 0 radical (unpaired) electrons. The highest BCUT2D eigenvalue weighted by atomic mass is 32.2. The number of fused-ring (bicyclic) bond motifs is 2. The van der Waals surface area contributed by atoms with E-state index in [1.54, 1.807) is 24.3 Å². The molecule has 2 aliphatic heterocycles. The van der Waals surface area contributed by atoms with Crippen LogP contribution in [-0.2, 0) is 30.6 Å². The number of hydrogen-bond acceptors (Lipinski definition) is 9. The number of aromatic amines is 1. The summed E-state index contributed by atoms with van der Waals surface area (Å²) in [7, 11) is -3.88. The number of imide groups is 1. The minimum Gasteiger partial charge on any atom is -0.484 e. The van der Waals surface area contributed by atoms with Gasteiger partial charge in [-0.1, -0.05) is 41.3 Å². The topological polar surface area (TPSA) is 169 Å². The molecule has 6 rings (SSSR count). The molecule has 1 aromatic heterocycles. The predicted molar refractivity (Wildman–Crippen MR) is 162 cm³/mol. The van der Waals surface area contributed by atoms with Crippen molar-refractivity contribution in [2.45, 2.75) is 27.3 Å². The molecule has 17 heteroatoms. The van der Waals surface area contributed by atoms with E-state index in [0.29, 0.717) is 21.2 Å². The van der Waals surface area contributed by atoms with Crippen molar-refractivity contribution in [3.8, 4) is 5.75 Å². The number of aromatic nitrogens is 1. The number of alkyl halides is 3. The number of sulfonamides is 1. The van der Waals surface area contributed by atoms with E-state index >= 15 is 0 Å². The van der Waals surface area contributed by atoms with Gasteiger partial charge < -0.3 is 15.0 Å². The van der Waals surface area contributed by atoms with Gasteiger partial charge in [0.15, 0.2) is 6.61 Å². The number of thioether (sulfide) groups is 1. The van der Waals surface area contributed by atoms with Gasteiger partial charge in [-0.25, -0.2) is 18.5 Å². The third kappa shape index (κ3) is 6.05. The molecule has 3 aromatic carbocycles. The summed E-state index contributed by atoms with van der Waals surface area (Å²) in [6, 6.07) is 15.6. The Kier molecular flexibility index (Phi) is 8.04. The Labute approximate surface area is 266 Å². The summed E-state index contributed by atoms with van der Waals surface area (Å²) in [5.41, 5.74) is -0.335. The lowest BCUT2D eigenvalue weighted by Crippen LogP contribution is -2.32. The molecular weight excluding hydrogens is 670 g/mol. The average Bonchev–Trinajstić information content (AvgIpc) is 3.49. The first kappa shape index (κ1) is 31.5. The summed E-state index contributed by atoms with van der Waals surface area (Å²) < 4.78 is 68.6. The quantitative estimate of drug-likeness (QED) is 0.245. The van der Waals surface area contributed by atoms with E-state index in [9.17, 15) is 40.8 Å². The zero-order valence-electron chi connectivity index (χ0n) is 23.1. The largest absolute Gasteiger partial charge is 0.484 e. The van der Waals surface area contributed by atoms with Gasteiger partial charge >= 0.3 is 11.0 Å². The standard InChI is InChI=1S/C29H21F3N4O7S3/c30-29(31,32)15-2-1-3-17(12-15)36-26(38)22-21(23-25(35-28(40)45-23)44-24(22)27(36)39)14-4-8-18(9-5-14)43-13-20(37)34-16-6-10-19(11-7-16)46(33,41)42/h1-12,21-22,24H,13H2,(H,34,37)(H,35,40)(H2,33,41,42)/t21-,22-,24+/m0/s1. The lowest BCUT2D eigenvalue weighted by Gasteiger charge is -2.29. The Hall–Kier alpha value is -4.45. The van der Waals surface area contributed by atoms with Crippen LogP contribution in [0.1, 0.15) is 21.9 Å². The fraction of sp³-hybridized carbons (Fsp3) is 0.172. The molecule has 4 aromatic rings. The van der Waals surface area contributed by atoms with Crippen molar-refractivity contribution >= 4 is 62.2 Å². The van der Waals surface area contributed by atoms with Gasteiger partial charge in [0, 0.05) is 16.5 Å². The van der Waals surface area contributed by atoms with Crippen LogP contribution < -0.4 is 25.0 Å². The first-order chi connectivity index (χ1) is 21.7. The molecule has 11 nitrogen and oxygen atoms in total. The maximum Gasteiger partial charge on any atom is 0.416 e. The second kappa shape index (κ2) is 11.7. The number of nitrogens with one attached hydrogen (secondary N) is 2. The lowest BCUT2D eigenvalue weighted by molar-refractivity contribution is -0.137. The summed E-state index contributed by atoms with van der Waals surface area (Å²) in [5.74, 6) is -3.41. The number of rotatable bonds is 7. The number of carbonyl (C=O) groups is 3. The fourth-order valence-corrected chi connectivity index (χ4v) is 8.33. The molecule has 1 saturated heterocycles. The van der Waals surface area contributed by atoms with Gasteiger partial charge in [0.1, 0.15) is 11.0 Å². The van der Waals surface area contributed by atoms with Crippen LogP contribution >= 0.6 is 23.1 Å². The molecular formula is C29H21F3N4O7S3. The van der Waals surface area contributed by atoms with Gasteiger partial charge in [-0.2, -0.15) is 13.2 Å². The number of H-pyrrole nitrogens is 1. The zero-order chi connectivity index (χ0) is 33.0. The minimum absolute atomic E-state index is 0.115. The van der Waals surface area contributed by atoms with Crippen molar-refractivity contribution in [1.82, 2.24) is 4.98 Å². The van der Waals surface area contributed by atoms with Gasteiger partial charge in [-0.05, 0) is 60.2 Å². The monoisotopic (exact) mass is 690 g/mol. The van der Waals surface area contributed by atoms with Crippen molar-refractivity contribution in [2.24, 2.45) is 11.1 Å². The normalized spacial score (nSPS) is 19.5. The van der Waals surface area contributed by atoms with Crippen molar-refractivity contribution in [3.63, 3.8) is 0 Å². The van der Waals surface area contributed by atoms with Crippen LogP contribution in [-0.4, -0.2) is 43.0 Å². The molecule has 1 fully saturated rings. The van der Waals surface area contributed by atoms with Crippen molar-refractivity contribution in [1.29, 1.82) is 0 Å². The highest BCUT2D eigenvalue weighted by Crippen LogP contribution is 2.53. The number of benzene rings is 3. The Morgan fingerprint density at radius 2 is 1.70 bits per heavy atom. The predicted octanol–water partition coefficient (Wildman–Crippen LogP) is 3.92. The van der Waals surface area contributed by atoms with Gasteiger partial charge in [-0.15, -0.1) is 0 Å². The number of hydrogen-bond donors (Lipinski definition) is 3. The highest BCUT2D eigenvalue weighted by molar-refractivity contribution is 8.00. The van der Waals surface area contributed by atoms with Crippen LogP contribution in [0.4, 0.5) is 24.5 Å². The maximum atomic E-state index is 13.8. The van der Waals surface area contributed by atoms with Crippen molar-refractivity contribution in [2.75, 3.05) is 16.8 Å². The average molecular weight is 691 g/mol. The summed E-state index contributed by atoms with van der Waals surface area (Å²) in [6.07, 6.45) is -4.68. The van der Waals surface area contributed by atoms with Crippen molar-refractivity contribution < 1.29 is 40.7 Å². The van der Waals surface area contributed by atoms with E-state index in [1.807, 2.05) is 0 Å². The summed E-state index contributed by atoms with van der Waals surface area (Å²) >= 11 is 1.88. The van der Waals surface area contributed by atoms with Crippen LogP contribution in [0.2, 0.25) is 0 Å². The van der Waals surface area contributed by atoms with Crippen LogP contribution in [0.25, 0.3) is 0 Å². The molecule has 3 amide bonds. The van der Waals surface area contributed by atoms with Crippen LogP contribution in [0.3, 0.4) is 0 Å². The van der Waals surface area contributed by atoms with Gasteiger partial charge in [0.05, 0.1) is 27.1 Å². The van der Waals surface area contributed by atoms with E-state index in [-0.39, 0.29) is 21.2 Å². The number of primary sulfonamides is 1. The number of nitrogens with two attached hydrogens (primary N) is 1. The fourth-order valence-electron chi connectivity index (χ4n) is 5.30. The molecule has 238 valence electrons. The molecule has 0 aliphatic carbocycles. The molecule has 4 N–H and O–H groups in total. The number of carbonyl (C=O) groups excluding carboxylic acids is 3. The van der Waals surface area contributed by atoms with Crippen LogP contribution in [0.15, 0.2) is 87.5 Å². The first-order valence-electron chi connectivity index (χ1n) is 13.3. The zero-order valence-corrected chi connectivity index (χ0v) is 25.6. The van der Waals surface area contributed by atoms with E-state index in [0.717, 1.165) is 46.2 Å². The molecule has 2 aliphatic rings. The Morgan fingerprint density at radius 1 is 1.00 bits per heavy atom. The van der Waals surface area contributed by atoms with Crippen molar-refractivity contribution in [3.05, 3.63) is 98.5 Å². The smallest absolute Gasteiger partial charge is 0.416 e. The Bertz CT molecular complexity index is 2030. The number of halogens is 3. The highest BCUT2D eigenvalue weighted by Gasteiger charge is 2.56.